The van der Waals surface area contributed by atoms with Crippen LogP contribution in [0.1, 0.15) is 38.3 Å². The lowest BCUT2D eigenvalue weighted by molar-refractivity contribution is -0.121. The second-order valence-corrected chi connectivity index (χ2v) is 4.70. The molecule has 3 N–H and O–H groups in total. The summed E-state index contributed by atoms with van der Waals surface area (Å²) >= 11 is 0. The second-order valence-electron chi connectivity index (χ2n) is 4.70. The van der Waals surface area contributed by atoms with Gasteiger partial charge in [0.2, 0.25) is 5.91 Å². The molecule has 0 aromatic heterocycles. The number of nitrogens with one attached hydrogen (secondary N) is 1. The summed E-state index contributed by atoms with van der Waals surface area (Å²) in [6, 6.07) is 4.41. The van der Waals surface area contributed by atoms with Crippen LogP contribution in [0, 0.1) is 5.82 Å². The average molecular weight is 305 g/mol. The largest absolute Gasteiger partial charge is 0.494 e. The van der Waals surface area contributed by atoms with E-state index in [0.717, 1.165) is 0 Å². The Kier molecular flexibility index (Phi) is 8.18. The SMILES string of the molecule is COc1ccc(C(C)NC(=O)CCC(C)N)cc1F.Cl. The Balaban J connectivity index is 0.00000361. The number of rotatable bonds is 6. The molecule has 0 fully saturated rings. The van der Waals surface area contributed by atoms with Crippen LogP contribution in [0.15, 0.2) is 18.2 Å². The highest BCUT2D eigenvalue weighted by molar-refractivity contribution is 5.85. The zero-order valence-corrected chi connectivity index (χ0v) is 12.8. The highest BCUT2D eigenvalue weighted by Crippen LogP contribution is 2.21. The smallest absolute Gasteiger partial charge is 0.220 e. The van der Waals surface area contributed by atoms with E-state index < -0.39 is 5.82 Å². The number of hydrogen-bond acceptors (Lipinski definition) is 3. The van der Waals surface area contributed by atoms with E-state index in [0.29, 0.717) is 18.4 Å². The van der Waals surface area contributed by atoms with Crippen molar-refractivity contribution in [3.05, 3.63) is 29.6 Å². The van der Waals surface area contributed by atoms with Gasteiger partial charge in [0.05, 0.1) is 13.2 Å². The van der Waals surface area contributed by atoms with Crippen LogP contribution in [0.2, 0.25) is 0 Å². The van der Waals surface area contributed by atoms with Crippen molar-refractivity contribution < 1.29 is 13.9 Å². The predicted molar refractivity (Wildman–Crippen MR) is 79.6 cm³/mol. The van der Waals surface area contributed by atoms with Crippen LogP contribution in [-0.2, 0) is 4.79 Å². The van der Waals surface area contributed by atoms with Crippen molar-refractivity contribution >= 4 is 18.3 Å². The molecule has 0 saturated carbocycles. The molecule has 114 valence electrons. The van der Waals surface area contributed by atoms with Crippen molar-refractivity contribution in [3.63, 3.8) is 0 Å². The minimum absolute atomic E-state index is 0. The van der Waals surface area contributed by atoms with Crippen LogP contribution in [0.25, 0.3) is 0 Å². The van der Waals surface area contributed by atoms with Crippen LogP contribution in [-0.4, -0.2) is 19.1 Å². The van der Waals surface area contributed by atoms with Crippen LogP contribution in [0.4, 0.5) is 4.39 Å². The van der Waals surface area contributed by atoms with Crippen molar-refractivity contribution in [2.24, 2.45) is 5.73 Å². The fraction of sp³-hybridized carbons (Fsp3) is 0.500. The summed E-state index contributed by atoms with van der Waals surface area (Å²) in [6.45, 7) is 3.67. The molecule has 0 heterocycles. The molecule has 1 aromatic carbocycles. The summed E-state index contributed by atoms with van der Waals surface area (Å²) in [5.41, 5.74) is 6.29. The number of halogens is 2. The van der Waals surface area contributed by atoms with Gasteiger partial charge in [-0.2, -0.15) is 0 Å². The van der Waals surface area contributed by atoms with E-state index in [2.05, 4.69) is 5.32 Å². The third kappa shape index (κ3) is 5.75. The van der Waals surface area contributed by atoms with E-state index >= 15 is 0 Å². The van der Waals surface area contributed by atoms with E-state index in [-0.39, 0.29) is 36.1 Å². The number of carbonyl (C=O) groups excluding carboxylic acids is 1. The van der Waals surface area contributed by atoms with Gasteiger partial charge < -0.3 is 15.8 Å². The molecule has 2 unspecified atom stereocenters. The van der Waals surface area contributed by atoms with Crippen LogP contribution in [0.3, 0.4) is 0 Å². The van der Waals surface area contributed by atoms with Gasteiger partial charge in [-0.05, 0) is 38.0 Å². The molecule has 0 spiro atoms. The summed E-state index contributed by atoms with van der Waals surface area (Å²) in [6.07, 6.45) is 1.01. The molecule has 0 aliphatic carbocycles. The quantitative estimate of drug-likeness (QED) is 0.849. The van der Waals surface area contributed by atoms with Gasteiger partial charge in [-0.15, -0.1) is 12.4 Å². The van der Waals surface area contributed by atoms with Crippen molar-refractivity contribution in [3.8, 4) is 5.75 Å². The molecular formula is C14H22ClFN2O2. The Hall–Kier alpha value is -1.33. The topological polar surface area (TPSA) is 64.3 Å². The lowest BCUT2D eigenvalue weighted by atomic mass is 10.1. The van der Waals surface area contributed by atoms with E-state index in [1.807, 2.05) is 13.8 Å². The average Bonchev–Trinajstić information content (AvgIpc) is 2.36. The Morgan fingerprint density at radius 3 is 2.60 bits per heavy atom. The maximum Gasteiger partial charge on any atom is 0.220 e. The molecule has 1 aromatic rings. The van der Waals surface area contributed by atoms with Gasteiger partial charge in [0.25, 0.3) is 0 Å². The van der Waals surface area contributed by atoms with E-state index in [1.54, 1.807) is 12.1 Å². The number of amides is 1. The molecule has 0 radical (unpaired) electrons. The first-order valence-corrected chi connectivity index (χ1v) is 6.32. The normalized spacial score (nSPS) is 13.1. The first kappa shape index (κ1) is 18.7. The third-order valence-corrected chi connectivity index (χ3v) is 2.88. The Morgan fingerprint density at radius 2 is 2.10 bits per heavy atom. The molecule has 20 heavy (non-hydrogen) atoms. The number of carbonyl (C=O) groups is 1. The standard InChI is InChI=1S/C14H21FN2O2.ClH/c1-9(16)4-7-14(18)17-10(2)11-5-6-13(19-3)12(15)8-11;/h5-6,8-10H,4,7,16H2,1-3H3,(H,17,18);1H. The zero-order chi connectivity index (χ0) is 14.4. The molecule has 0 aliphatic rings. The lowest BCUT2D eigenvalue weighted by Gasteiger charge is -2.15. The monoisotopic (exact) mass is 304 g/mol. The van der Waals surface area contributed by atoms with E-state index in [1.165, 1.54) is 13.2 Å². The Bertz CT molecular complexity index is 441. The first-order chi connectivity index (χ1) is 8.93. The maximum absolute atomic E-state index is 13.5. The van der Waals surface area contributed by atoms with Crippen molar-refractivity contribution in [1.82, 2.24) is 5.32 Å². The van der Waals surface area contributed by atoms with Crippen LogP contribution in [0.5, 0.6) is 5.75 Å². The number of benzene rings is 1. The zero-order valence-electron chi connectivity index (χ0n) is 12.0. The third-order valence-electron chi connectivity index (χ3n) is 2.88. The minimum atomic E-state index is -0.434. The van der Waals surface area contributed by atoms with Crippen molar-refractivity contribution in [1.29, 1.82) is 0 Å². The number of ether oxygens (including phenoxy) is 1. The molecule has 4 nitrogen and oxygen atoms in total. The Labute approximate surface area is 125 Å². The number of methoxy groups -OCH3 is 1. The maximum atomic E-state index is 13.5. The summed E-state index contributed by atoms with van der Waals surface area (Å²) < 4.78 is 18.4. The second kappa shape index (κ2) is 8.76. The van der Waals surface area contributed by atoms with Gasteiger partial charge >= 0.3 is 0 Å². The number of hydrogen-bond donors (Lipinski definition) is 2. The lowest BCUT2D eigenvalue weighted by Crippen LogP contribution is -2.28. The van der Waals surface area contributed by atoms with Crippen molar-refractivity contribution in [2.45, 2.75) is 38.8 Å². The highest BCUT2D eigenvalue weighted by Gasteiger charge is 2.12. The molecule has 6 heteroatoms. The van der Waals surface area contributed by atoms with Crippen LogP contribution >= 0.6 is 12.4 Å². The number of nitrogens with two attached hydrogens (primary N) is 1. The summed E-state index contributed by atoms with van der Waals surface area (Å²) in [5, 5.41) is 2.81. The van der Waals surface area contributed by atoms with Gasteiger partial charge in [0.15, 0.2) is 11.6 Å². The molecule has 0 saturated heterocycles. The van der Waals surface area contributed by atoms with Gasteiger partial charge in [-0.1, -0.05) is 6.07 Å². The molecular weight excluding hydrogens is 283 g/mol. The van der Waals surface area contributed by atoms with Gasteiger partial charge in [-0.25, -0.2) is 4.39 Å². The fourth-order valence-corrected chi connectivity index (χ4v) is 1.71. The molecule has 2 atom stereocenters. The van der Waals surface area contributed by atoms with Gasteiger partial charge in [0.1, 0.15) is 0 Å². The summed E-state index contributed by atoms with van der Waals surface area (Å²) in [7, 11) is 1.41. The molecule has 1 rings (SSSR count). The minimum Gasteiger partial charge on any atom is -0.494 e. The molecule has 1 amide bonds. The highest BCUT2D eigenvalue weighted by atomic mass is 35.5. The predicted octanol–water partition coefficient (Wildman–Crippen LogP) is 2.56. The van der Waals surface area contributed by atoms with E-state index in [9.17, 15) is 9.18 Å². The Morgan fingerprint density at radius 1 is 1.45 bits per heavy atom. The van der Waals surface area contributed by atoms with Crippen molar-refractivity contribution in [2.75, 3.05) is 7.11 Å². The first-order valence-electron chi connectivity index (χ1n) is 6.32. The van der Waals surface area contributed by atoms with Gasteiger partial charge in [0, 0.05) is 12.5 Å². The summed E-state index contributed by atoms with van der Waals surface area (Å²) in [5.74, 6) is -0.322. The molecule has 0 bridgehead atoms. The van der Waals surface area contributed by atoms with E-state index in [4.69, 9.17) is 10.5 Å². The summed E-state index contributed by atoms with van der Waals surface area (Å²) in [4.78, 5) is 11.7. The fourth-order valence-electron chi connectivity index (χ4n) is 1.71. The van der Waals surface area contributed by atoms with Crippen LogP contribution < -0.4 is 15.8 Å². The van der Waals surface area contributed by atoms with Gasteiger partial charge in [-0.3, -0.25) is 4.79 Å². The molecule has 0 aliphatic heterocycles.